The molecule has 1 aromatic heterocycles. The predicted molar refractivity (Wildman–Crippen MR) is 79.5 cm³/mol. The Labute approximate surface area is 123 Å². The molecule has 2 unspecified atom stereocenters. The highest BCUT2D eigenvalue weighted by molar-refractivity contribution is 5.98. The molecule has 1 amide bonds. The van der Waals surface area contributed by atoms with E-state index in [4.69, 9.17) is 9.15 Å². The lowest BCUT2D eigenvalue weighted by Crippen LogP contribution is -2.41. The Balaban J connectivity index is 1.73. The van der Waals surface area contributed by atoms with Crippen LogP contribution in [0.3, 0.4) is 0 Å². The monoisotopic (exact) mass is 283 g/mol. The molecular weight excluding hydrogens is 266 g/mol. The van der Waals surface area contributed by atoms with Gasteiger partial charge < -0.3 is 14.1 Å². The maximum absolute atomic E-state index is 12.8. The van der Waals surface area contributed by atoms with Crippen LogP contribution in [0.1, 0.15) is 29.8 Å². The van der Waals surface area contributed by atoms with Gasteiger partial charge in [0.15, 0.2) is 17.1 Å². The zero-order chi connectivity index (χ0) is 14.4. The molecule has 0 aliphatic carbocycles. The number of ether oxygens (including phenoxy) is 1. The molecule has 4 nitrogen and oxygen atoms in total. The smallest absolute Gasteiger partial charge is 0.290 e. The molecule has 1 fully saturated rings. The standard InChI is InChI=1S/C17H17NO3/c1-20-14-7-2-4-11-10-15(21-16(11)14)17(19)18-12-5-3-6-13(18)9-8-12/h2-5,7,10,12-13H,6,8-9H2,1H3. The minimum atomic E-state index is -0.00916. The molecule has 108 valence electrons. The van der Waals surface area contributed by atoms with Gasteiger partial charge in [0, 0.05) is 11.4 Å². The number of benzene rings is 1. The van der Waals surface area contributed by atoms with Crippen molar-refractivity contribution in [2.45, 2.75) is 31.3 Å². The first-order chi connectivity index (χ1) is 10.3. The maximum Gasteiger partial charge on any atom is 0.290 e. The van der Waals surface area contributed by atoms with Gasteiger partial charge in [0.05, 0.1) is 13.2 Å². The van der Waals surface area contributed by atoms with Gasteiger partial charge in [-0.25, -0.2) is 0 Å². The highest BCUT2D eigenvalue weighted by Gasteiger charge is 2.38. The molecule has 2 bridgehead atoms. The van der Waals surface area contributed by atoms with Crippen LogP contribution in [0, 0.1) is 0 Å². The van der Waals surface area contributed by atoms with Crippen molar-refractivity contribution >= 4 is 16.9 Å². The maximum atomic E-state index is 12.8. The molecule has 2 aromatic rings. The quantitative estimate of drug-likeness (QED) is 0.794. The van der Waals surface area contributed by atoms with E-state index in [1.54, 1.807) is 7.11 Å². The Morgan fingerprint density at radius 1 is 1.38 bits per heavy atom. The molecule has 2 aliphatic heterocycles. The van der Waals surface area contributed by atoms with Crippen molar-refractivity contribution in [3.8, 4) is 5.75 Å². The van der Waals surface area contributed by atoms with Gasteiger partial charge in [-0.05, 0) is 31.4 Å². The topological polar surface area (TPSA) is 42.7 Å². The third kappa shape index (κ3) is 1.86. The van der Waals surface area contributed by atoms with Gasteiger partial charge in [-0.3, -0.25) is 4.79 Å². The van der Waals surface area contributed by atoms with E-state index in [0.717, 1.165) is 24.6 Å². The van der Waals surface area contributed by atoms with Crippen molar-refractivity contribution in [2.75, 3.05) is 7.11 Å². The molecular formula is C17H17NO3. The molecule has 2 atom stereocenters. The number of hydrogen-bond donors (Lipinski definition) is 0. The molecule has 21 heavy (non-hydrogen) atoms. The van der Waals surface area contributed by atoms with E-state index in [9.17, 15) is 4.79 Å². The fourth-order valence-corrected chi connectivity index (χ4v) is 3.47. The van der Waals surface area contributed by atoms with Crippen LogP contribution in [0.4, 0.5) is 0 Å². The summed E-state index contributed by atoms with van der Waals surface area (Å²) in [5.41, 5.74) is 0.642. The molecule has 0 radical (unpaired) electrons. The minimum absolute atomic E-state index is 0.00916. The molecule has 0 N–H and O–H groups in total. The van der Waals surface area contributed by atoms with Crippen molar-refractivity contribution in [3.63, 3.8) is 0 Å². The summed E-state index contributed by atoms with van der Waals surface area (Å²) in [5.74, 6) is 1.06. The van der Waals surface area contributed by atoms with Crippen LogP contribution in [-0.4, -0.2) is 30.0 Å². The lowest BCUT2D eigenvalue weighted by Gasteiger charge is -2.30. The third-order valence-corrected chi connectivity index (χ3v) is 4.49. The highest BCUT2D eigenvalue weighted by atomic mass is 16.5. The van der Waals surface area contributed by atoms with E-state index < -0.39 is 0 Å². The summed E-state index contributed by atoms with van der Waals surface area (Å²) in [7, 11) is 1.61. The number of hydrogen-bond acceptors (Lipinski definition) is 3. The van der Waals surface area contributed by atoms with Crippen LogP contribution < -0.4 is 4.74 Å². The molecule has 2 aliphatic rings. The average molecular weight is 283 g/mol. The van der Waals surface area contributed by atoms with Crippen LogP contribution >= 0.6 is 0 Å². The van der Waals surface area contributed by atoms with Gasteiger partial charge >= 0.3 is 0 Å². The van der Waals surface area contributed by atoms with Crippen LogP contribution in [0.5, 0.6) is 5.75 Å². The summed E-state index contributed by atoms with van der Waals surface area (Å²) >= 11 is 0. The van der Waals surface area contributed by atoms with E-state index >= 15 is 0 Å². The molecule has 1 saturated heterocycles. The minimum Gasteiger partial charge on any atom is -0.493 e. The van der Waals surface area contributed by atoms with Crippen molar-refractivity contribution in [2.24, 2.45) is 0 Å². The Bertz CT molecular complexity index is 731. The number of rotatable bonds is 2. The van der Waals surface area contributed by atoms with E-state index in [1.807, 2.05) is 29.2 Å². The summed E-state index contributed by atoms with van der Waals surface area (Å²) in [5, 5.41) is 0.901. The molecule has 0 spiro atoms. The number of para-hydroxylation sites is 1. The number of carbonyl (C=O) groups is 1. The SMILES string of the molecule is COc1cccc2cc(C(=O)N3C4C=CCC3CC4)oc12. The second-order valence-corrected chi connectivity index (χ2v) is 5.66. The number of methoxy groups -OCH3 is 1. The zero-order valence-electron chi connectivity index (χ0n) is 11.9. The summed E-state index contributed by atoms with van der Waals surface area (Å²) in [6, 6.07) is 8.04. The lowest BCUT2D eigenvalue weighted by atomic mass is 10.1. The number of furan rings is 1. The van der Waals surface area contributed by atoms with Gasteiger partial charge in [0.2, 0.25) is 0 Å². The van der Waals surface area contributed by atoms with Crippen molar-refractivity contribution in [1.82, 2.24) is 4.90 Å². The van der Waals surface area contributed by atoms with Crippen molar-refractivity contribution in [1.29, 1.82) is 0 Å². The normalized spacial score (nSPS) is 23.8. The summed E-state index contributed by atoms with van der Waals surface area (Å²) < 4.78 is 11.1. The Kier molecular flexibility index (Phi) is 2.77. The molecule has 1 aromatic carbocycles. The fraction of sp³-hybridized carbons (Fsp3) is 0.353. The van der Waals surface area contributed by atoms with Gasteiger partial charge in [0.1, 0.15) is 0 Å². The first-order valence-electron chi connectivity index (χ1n) is 7.34. The predicted octanol–water partition coefficient (Wildman–Crippen LogP) is 3.37. The summed E-state index contributed by atoms with van der Waals surface area (Å²) in [6.45, 7) is 0. The van der Waals surface area contributed by atoms with Gasteiger partial charge in [-0.2, -0.15) is 0 Å². The summed E-state index contributed by atoms with van der Waals surface area (Å²) in [6.07, 6.45) is 7.41. The summed E-state index contributed by atoms with van der Waals surface area (Å²) in [4.78, 5) is 14.8. The third-order valence-electron chi connectivity index (χ3n) is 4.49. The van der Waals surface area contributed by atoms with Crippen LogP contribution in [0.2, 0.25) is 0 Å². The van der Waals surface area contributed by atoms with Crippen LogP contribution in [0.15, 0.2) is 40.8 Å². The van der Waals surface area contributed by atoms with Crippen molar-refractivity contribution in [3.05, 3.63) is 42.2 Å². The van der Waals surface area contributed by atoms with Crippen LogP contribution in [0.25, 0.3) is 11.0 Å². The van der Waals surface area contributed by atoms with Gasteiger partial charge in [-0.1, -0.05) is 24.3 Å². The Morgan fingerprint density at radius 3 is 3.10 bits per heavy atom. The van der Waals surface area contributed by atoms with Gasteiger partial charge in [0.25, 0.3) is 5.91 Å². The number of carbonyl (C=O) groups excluding carboxylic acids is 1. The Hall–Kier alpha value is -2.23. The van der Waals surface area contributed by atoms with E-state index in [-0.39, 0.29) is 11.9 Å². The number of amides is 1. The van der Waals surface area contributed by atoms with Crippen molar-refractivity contribution < 1.29 is 13.9 Å². The number of fused-ring (bicyclic) bond motifs is 3. The first-order valence-corrected chi connectivity index (χ1v) is 7.34. The van der Waals surface area contributed by atoms with Crippen LogP contribution in [-0.2, 0) is 0 Å². The number of nitrogens with zero attached hydrogens (tertiary/aromatic N) is 1. The highest BCUT2D eigenvalue weighted by Crippen LogP contribution is 2.35. The molecule has 4 heteroatoms. The molecule has 4 rings (SSSR count). The molecule has 3 heterocycles. The zero-order valence-corrected chi connectivity index (χ0v) is 11.9. The largest absolute Gasteiger partial charge is 0.493 e. The lowest BCUT2D eigenvalue weighted by molar-refractivity contribution is 0.0658. The average Bonchev–Trinajstić information content (AvgIpc) is 3.05. The molecule has 0 saturated carbocycles. The van der Waals surface area contributed by atoms with E-state index in [1.165, 1.54) is 0 Å². The second-order valence-electron chi connectivity index (χ2n) is 5.66. The Morgan fingerprint density at radius 2 is 2.29 bits per heavy atom. The first kappa shape index (κ1) is 12.5. The fourth-order valence-electron chi connectivity index (χ4n) is 3.47. The van der Waals surface area contributed by atoms with E-state index in [2.05, 4.69) is 12.2 Å². The second kappa shape index (κ2) is 4.65. The van der Waals surface area contributed by atoms with E-state index in [0.29, 0.717) is 23.1 Å². The van der Waals surface area contributed by atoms with Gasteiger partial charge in [-0.15, -0.1) is 0 Å².